The number of halogens is 1. The minimum absolute atomic E-state index is 0.398. The van der Waals surface area contributed by atoms with E-state index in [1.165, 1.54) is 0 Å². The monoisotopic (exact) mass is 330 g/mol. The van der Waals surface area contributed by atoms with Crippen LogP contribution < -0.4 is 16.2 Å². The van der Waals surface area contributed by atoms with E-state index in [4.69, 9.17) is 17.4 Å². The zero-order valence-corrected chi connectivity index (χ0v) is 13.9. The van der Waals surface area contributed by atoms with Crippen molar-refractivity contribution in [2.24, 2.45) is 10.8 Å². The van der Waals surface area contributed by atoms with Gasteiger partial charge in [0.25, 0.3) is 0 Å². The Bertz CT molecular complexity index is 725. The van der Waals surface area contributed by atoms with Crippen molar-refractivity contribution in [2.45, 2.75) is 20.4 Å². The fraction of sp³-hybridized carbons (Fsp3) is 0.176. The summed E-state index contributed by atoms with van der Waals surface area (Å²) in [6.07, 6.45) is 0. The number of carbonyl (C=O) groups is 1. The average Bonchev–Trinajstić information content (AvgIpc) is 2.53. The van der Waals surface area contributed by atoms with E-state index in [0.29, 0.717) is 22.9 Å². The zero-order valence-electron chi connectivity index (χ0n) is 13.1. The van der Waals surface area contributed by atoms with E-state index in [2.05, 4.69) is 17.0 Å². The number of nitrogens with two attached hydrogens (primary N) is 1. The molecule has 2 amide bonds. The highest BCUT2D eigenvalue weighted by Crippen LogP contribution is 2.29. The molecular weight excluding hydrogens is 312 g/mol. The molecule has 0 saturated heterocycles. The van der Waals surface area contributed by atoms with Crippen LogP contribution in [0.15, 0.2) is 41.4 Å². The lowest BCUT2D eigenvalue weighted by atomic mass is 10.0. The smallest absolute Gasteiger partial charge is 0.332 e. The van der Waals surface area contributed by atoms with Gasteiger partial charge in [0.05, 0.1) is 11.4 Å². The van der Waals surface area contributed by atoms with E-state index in [1.807, 2.05) is 32.0 Å². The second-order valence-electron chi connectivity index (χ2n) is 5.19. The summed E-state index contributed by atoms with van der Waals surface area (Å²) in [5.41, 5.74) is 4.20. The maximum atomic E-state index is 12.3. The van der Waals surface area contributed by atoms with Crippen LogP contribution in [0.1, 0.15) is 16.7 Å². The van der Waals surface area contributed by atoms with Gasteiger partial charge in [0, 0.05) is 11.6 Å². The van der Waals surface area contributed by atoms with Crippen molar-refractivity contribution in [3.05, 3.63) is 58.1 Å². The maximum Gasteiger partial charge on any atom is 0.336 e. The van der Waals surface area contributed by atoms with Gasteiger partial charge < -0.3 is 5.32 Å². The third-order valence-electron chi connectivity index (χ3n) is 3.65. The summed E-state index contributed by atoms with van der Waals surface area (Å²) in [5.74, 6) is 5.90. The summed E-state index contributed by atoms with van der Waals surface area (Å²) in [7, 11) is 0. The molecule has 0 radical (unpaired) electrons. The molecule has 0 unspecified atom stereocenters. The summed E-state index contributed by atoms with van der Waals surface area (Å²) in [6, 6.07) is 10.4. The van der Waals surface area contributed by atoms with E-state index in [-0.39, 0.29) is 0 Å². The van der Waals surface area contributed by atoms with Gasteiger partial charge in [-0.1, -0.05) is 29.8 Å². The Morgan fingerprint density at radius 1 is 1.30 bits per heavy atom. The van der Waals surface area contributed by atoms with E-state index in [0.717, 1.165) is 21.7 Å². The second kappa shape index (κ2) is 7.26. The van der Waals surface area contributed by atoms with Gasteiger partial charge in [0.2, 0.25) is 0 Å². The normalized spacial score (nSPS) is 10.3. The van der Waals surface area contributed by atoms with Gasteiger partial charge in [0.15, 0.2) is 0 Å². The first-order chi connectivity index (χ1) is 10.9. The molecule has 23 heavy (non-hydrogen) atoms. The number of nitrogens with one attached hydrogen (secondary N) is 1. The maximum absolute atomic E-state index is 12.3. The van der Waals surface area contributed by atoms with Crippen LogP contribution in [0.4, 0.5) is 16.2 Å². The topological polar surface area (TPSA) is 70.7 Å². The Balaban J connectivity index is 2.13. The third kappa shape index (κ3) is 3.88. The molecule has 0 saturated carbocycles. The highest BCUT2D eigenvalue weighted by atomic mass is 35.5. The van der Waals surface area contributed by atoms with Crippen LogP contribution in [-0.2, 0) is 6.54 Å². The molecule has 2 rings (SSSR count). The first-order valence-corrected chi connectivity index (χ1v) is 7.46. The lowest BCUT2D eigenvalue weighted by Crippen LogP contribution is -2.44. The van der Waals surface area contributed by atoms with Gasteiger partial charge in [-0.2, -0.15) is 0 Å². The zero-order chi connectivity index (χ0) is 17.0. The Morgan fingerprint density at radius 2 is 1.96 bits per heavy atom. The molecule has 0 aliphatic heterocycles. The lowest BCUT2D eigenvalue weighted by molar-refractivity contribution is 0.246. The number of anilines is 1. The molecule has 0 aliphatic rings. The quantitative estimate of drug-likeness (QED) is 0.386. The van der Waals surface area contributed by atoms with Gasteiger partial charge in [-0.25, -0.2) is 15.6 Å². The van der Waals surface area contributed by atoms with Crippen molar-refractivity contribution in [1.29, 1.82) is 0 Å². The SMILES string of the molecule is C=Nc1cc(Cl)ccc1N(N)C(=O)NCc1c(C)cccc1C. The Hall–Kier alpha value is -2.37. The minimum atomic E-state index is -0.431. The van der Waals surface area contributed by atoms with Gasteiger partial charge in [0.1, 0.15) is 0 Å². The fourth-order valence-corrected chi connectivity index (χ4v) is 2.48. The molecule has 0 aromatic heterocycles. The summed E-state index contributed by atoms with van der Waals surface area (Å²) >= 11 is 5.91. The van der Waals surface area contributed by atoms with Crippen molar-refractivity contribution in [2.75, 3.05) is 5.01 Å². The molecule has 0 aliphatic carbocycles. The Labute approximate surface area is 140 Å². The van der Waals surface area contributed by atoms with E-state index in [1.54, 1.807) is 18.2 Å². The van der Waals surface area contributed by atoms with Crippen LogP contribution in [-0.4, -0.2) is 12.7 Å². The molecule has 5 nitrogen and oxygen atoms in total. The molecule has 0 atom stereocenters. The molecule has 0 bridgehead atoms. The number of hydrogen-bond acceptors (Lipinski definition) is 3. The number of urea groups is 1. The van der Waals surface area contributed by atoms with E-state index >= 15 is 0 Å². The molecule has 120 valence electrons. The van der Waals surface area contributed by atoms with Crippen LogP contribution in [0, 0.1) is 13.8 Å². The van der Waals surface area contributed by atoms with Crippen molar-refractivity contribution in [3.8, 4) is 0 Å². The van der Waals surface area contributed by atoms with Gasteiger partial charge >= 0.3 is 6.03 Å². The molecule has 3 N–H and O–H groups in total. The van der Waals surface area contributed by atoms with Crippen LogP contribution in [0.2, 0.25) is 5.02 Å². The van der Waals surface area contributed by atoms with E-state index in [9.17, 15) is 4.79 Å². The Kier molecular flexibility index (Phi) is 5.36. The second-order valence-corrected chi connectivity index (χ2v) is 5.63. The molecule has 0 spiro atoms. The molecule has 2 aromatic rings. The van der Waals surface area contributed by atoms with Gasteiger partial charge in [-0.05, 0) is 55.5 Å². The number of nitrogens with zero attached hydrogens (tertiary/aromatic N) is 2. The first-order valence-electron chi connectivity index (χ1n) is 7.08. The molecule has 2 aromatic carbocycles. The standard InChI is InChI=1S/C17H19ClN4O/c1-11-5-4-6-12(2)14(11)10-21-17(23)22(19)16-8-7-13(18)9-15(16)20-3/h4-9H,3,10,19H2,1-2H3,(H,21,23). The number of aryl methyl sites for hydroxylation is 2. The molecule has 6 heteroatoms. The van der Waals surface area contributed by atoms with Gasteiger partial charge in [-0.3, -0.25) is 4.99 Å². The van der Waals surface area contributed by atoms with Crippen LogP contribution in [0.3, 0.4) is 0 Å². The number of rotatable bonds is 4. The van der Waals surface area contributed by atoms with Crippen LogP contribution in [0.5, 0.6) is 0 Å². The summed E-state index contributed by atoms with van der Waals surface area (Å²) < 4.78 is 0. The summed E-state index contributed by atoms with van der Waals surface area (Å²) in [6.45, 7) is 7.88. The Morgan fingerprint density at radius 3 is 2.57 bits per heavy atom. The predicted octanol–water partition coefficient (Wildman–Crippen LogP) is 3.88. The van der Waals surface area contributed by atoms with Crippen molar-refractivity contribution in [3.63, 3.8) is 0 Å². The van der Waals surface area contributed by atoms with Crippen molar-refractivity contribution >= 4 is 35.7 Å². The average molecular weight is 331 g/mol. The minimum Gasteiger partial charge on any atom is -0.332 e. The van der Waals surface area contributed by atoms with Crippen LogP contribution in [0.25, 0.3) is 0 Å². The predicted molar refractivity (Wildman–Crippen MR) is 95.5 cm³/mol. The highest BCUT2D eigenvalue weighted by Gasteiger charge is 2.15. The lowest BCUT2D eigenvalue weighted by Gasteiger charge is -2.20. The first kappa shape index (κ1) is 17.0. The number of hydrazine groups is 1. The van der Waals surface area contributed by atoms with Crippen molar-refractivity contribution in [1.82, 2.24) is 5.32 Å². The van der Waals surface area contributed by atoms with Crippen molar-refractivity contribution < 1.29 is 4.79 Å². The molecular formula is C17H19ClN4O. The largest absolute Gasteiger partial charge is 0.336 e. The number of benzene rings is 2. The van der Waals surface area contributed by atoms with Crippen LogP contribution >= 0.6 is 11.6 Å². The molecule has 0 fully saturated rings. The van der Waals surface area contributed by atoms with E-state index < -0.39 is 6.03 Å². The fourth-order valence-electron chi connectivity index (χ4n) is 2.31. The summed E-state index contributed by atoms with van der Waals surface area (Å²) in [4.78, 5) is 16.1. The third-order valence-corrected chi connectivity index (χ3v) is 3.88. The van der Waals surface area contributed by atoms with Gasteiger partial charge in [-0.15, -0.1) is 0 Å². The number of amides is 2. The number of carbonyl (C=O) groups excluding carboxylic acids is 1. The summed E-state index contributed by atoms with van der Waals surface area (Å²) in [5, 5.41) is 4.32. The number of aliphatic imine (C=N–C) groups is 1. The molecule has 0 heterocycles. The number of hydrogen-bond donors (Lipinski definition) is 2. The highest BCUT2D eigenvalue weighted by molar-refractivity contribution is 6.31.